The molecule has 0 aromatic heterocycles. The fourth-order valence-electron chi connectivity index (χ4n) is 3.76. The zero-order valence-electron chi connectivity index (χ0n) is 13.1. The Morgan fingerprint density at radius 2 is 2.17 bits per heavy atom. The highest BCUT2D eigenvalue weighted by Crippen LogP contribution is 2.63. The number of nitrogens with zero attached hydrogens (tertiary/aromatic N) is 1. The van der Waals surface area contributed by atoms with Crippen LogP contribution in [0.2, 0.25) is 5.82 Å². The van der Waals surface area contributed by atoms with Gasteiger partial charge in [-0.1, -0.05) is 18.3 Å². The summed E-state index contributed by atoms with van der Waals surface area (Å²) in [6.07, 6.45) is 0.485. The normalized spacial score (nSPS) is 27.5. The number of rotatable bonds is 5. The Balaban J connectivity index is 1.61. The van der Waals surface area contributed by atoms with E-state index in [9.17, 15) is 19.9 Å². The zero-order valence-corrected chi connectivity index (χ0v) is 13.1. The van der Waals surface area contributed by atoms with Crippen molar-refractivity contribution in [2.75, 3.05) is 26.2 Å². The Morgan fingerprint density at radius 1 is 1.42 bits per heavy atom. The molecule has 5 N–H and O–H groups in total. The van der Waals surface area contributed by atoms with E-state index >= 15 is 0 Å². The standard InChI is InChI=1S/C15H20BN2O6/c17-3-4-18-6-8(7-18)23-12-2-1-9-10-5-11(10)16(21,22)24-14(9)13(12)15(19)20/h1-2,8,10-11,21-22H,3-7,17H2,(H,19,20)/q-1/t10-,11-/m1/s1. The number of nitrogens with two attached hydrogens (primary N) is 1. The Kier molecular flexibility index (Phi) is 3.50. The molecule has 0 spiro atoms. The van der Waals surface area contributed by atoms with Gasteiger partial charge in [-0.2, -0.15) is 0 Å². The van der Waals surface area contributed by atoms with Gasteiger partial charge in [0.15, 0.2) is 0 Å². The molecule has 0 bridgehead atoms. The molecular weight excluding hydrogens is 315 g/mol. The Bertz CT molecular complexity index is 691. The summed E-state index contributed by atoms with van der Waals surface area (Å²) in [4.78, 5) is 13.9. The molecular formula is C15H20BN2O6-. The number of carbonyl (C=O) groups is 1. The molecule has 4 rings (SSSR count). The molecule has 1 saturated heterocycles. The molecule has 24 heavy (non-hydrogen) atoms. The second-order valence-corrected chi connectivity index (χ2v) is 6.83. The maximum absolute atomic E-state index is 11.7. The minimum Gasteiger partial charge on any atom is -0.669 e. The predicted octanol–water partition coefficient (Wildman–Crippen LogP) is -0.420. The lowest BCUT2D eigenvalue weighted by atomic mass is 9.68. The molecule has 0 amide bonds. The van der Waals surface area contributed by atoms with Crippen LogP contribution in [0.5, 0.6) is 11.5 Å². The van der Waals surface area contributed by atoms with Crippen LogP contribution >= 0.6 is 0 Å². The summed E-state index contributed by atoms with van der Waals surface area (Å²) in [5, 5.41) is 29.6. The molecule has 130 valence electrons. The van der Waals surface area contributed by atoms with Crippen LogP contribution in [0, 0.1) is 0 Å². The van der Waals surface area contributed by atoms with E-state index in [0.717, 1.165) is 6.54 Å². The maximum atomic E-state index is 11.7. The van der Waals surface area contributed by atoms with E-state index in [1.807, 2.05) is 0 Å². The highest BCUT2D eigenvalue weighted by Gasteiger charge is 2.55. The second-order valence-electron chi connectivity index (χ2n) is 6.83. The van der Waals surface area contributed by atoms with Crippen LogP contribution in [0.25, 0.3) is 0 Å². The molecule has 1 aromatic rings. The average Bonchev–Trinajstić information content (AvgIpc) is 3.25. The summed E-state index contributed by atoms with van der Waals surface area (Å²) >= 11 is 0. The Hall–Kier alpha value is -1.81. The van der Waals surface area contributed by atoms with Crippen molar-refractivity contribution in [2.45, 2.75) is 24.3 Å². The summed E-state index contributed by atoms with van der Waals surface area (Å²) in [5.41, 5.74) is 6.07. The van der Waals surface area contributed by atoms with Gasteiger partial charge in [-0.25, -0.2) is 4.79 Å². The van der Waals surface area contributed by atoms with Crippen molar-refractivity contribution < 1.29 is 29.3 Å². The molecule has 2 aliphatic heterocycles. The SMILES string of the molecule is NCCN1CC(Oc2ccc3c(c2C(=O)O)O[B-](O)(O)[C@@H]2C[C@H]32)C1. The van der Waals surface area contributed by atoms with Crippen LogP contribution in [0.1, 0.15) is 28.3 Å². The predicted molar refractivity (Wildman–Crippen MR) is 85.2 cm³/mol. The molecule has 8 nitrogen and oxygen atoms in total. The largest absolute Gasteiger partial charge is 0.669 e. The van der Waals surface area contributed by atoms with Gasteiger partial charge in [-0.05, 0) is 17.5 Å². The van der Waals surface area contributed by atoms with Crippen molar-refractivity contribution in [3.63, 3.8) is 0 Å². The Labute approximate surface area is 138 Å². The number of benzene rings is 1. The van der Waals surface area contributed by atoms with E-state index in [2.05, 4.69) is 4.90 Å². The highest BCUT2D eigenvalue weighted by molar-refractivity contribution is 6.62. The number of carboxylic acids is 1. The highest BCUT2D eigenvalue weighted by atomic mass is 16.6. The van der Waals surface area contributed by atoms with E-state index in [-0.39, 0.29) is 34.9 Å². The third-order valence-electron chi connectivity index (χ3n) is 5.11. The number of hydrogen-bond acceptors (Lipinski definition) is 7. The number of carboxylic acid groups (broad SMARTS) is 1. The van der Waals surface area contributed by atoms with Gasteiger partial charge in [-0.3, -0.25) is 4.90 Å². The first-order valence-electron chi connectivity index (χ1n) is 8.18. The van der Waals surface area contributed by atoms with Crippen LogP contribution in [0.15, 0.2) is 12.1 Å². The van der Waals surface area contributed by atoms with E-state index < -0.39 is 12.7 Å². The third kappa shape index (κ3) is 2.44. The fourth-order valence-corrected chi connectivity index (χ4v) is 3.76. The average molecular weight is 335 g/mol. The lowest BCUT2D eigenvalue weighted by Gasteiger charge is -2.40. The monoisotopic (exact) mass is 335 g/mol. The van der Waals surface area contributed by atoms with Gasteiger partial charge in [0.25, 0.3) is 0 Å². The number of likely N-dealkylation sites (tertiary alicyclic amines) is 1. The van der Waals surface area contributed by atoms with Crippen LogP contribution < -0.4 is 15.1 Å². The fraction of sp³-hybridized carbons (Fsp3) is 0.533. The van der Waals surface area contributed by atoms with Crippen molar-refractivity contribution in [1.29, 1.82) is 0 Å². The summed E-state index contributed by atoms with van der Waals surface area (Å²) in [7, 11) is 0. The third-order valence-corrected chi connectivity index (χ3v) is 5.11. The molecule has 9 heteroatoms. The first-order valence-corrected chi connectivity index (χ1v) is 8.18. The van der Waals surface area contributed by atoms with Gasteiger partial charge < -0.3 is 30.3 Å². The van der Waals surface area contributed by atoms with Gasteiger partial charge in [0.1, 0.15) is 17.4 Å². The number of hydrogen-bond donors (Lipinski definition) is 4. The number of fused-ring (bicyclic) bond motifs is 3. The van der Waals surface area contributed by atoms with Crippen LogP contribution in [0.4, 0.5) is 0 Å². The van der Waals surface area contributed by atoms with E-state index in [1.54, 1.807) is 12.1 Å². The molecule has 2 fully saturated rings. The van der Waals surface area contributed by atoms with Crippen molar-refractivity contribution >= 4 is 12.7 Å². The van der Waals surface area contributed by atoms with E-state index in [1.165, 1.54) is 0 Å². The van der Waals surface area contributed by atoms with Gasteiger partial charge >= 0.3 is 12.7 Å². The lowest BCUT2D eigenvalue weighted by Crippen LogP contribution is -2.55. The molecule has 1 aliphatic carbocycles. The minimum atomic E-state index is -3.02. The smallest absolute Gasteiger partial charge is 0.434 e. The maximum Gasteiger partial charge on any atom is 0.434 e. The summed E-state index contributed by atoms with van der Waals surface area (Å²) in [6, 6.07) is 3.41. The van der Waals surface area contributed by atoms with Gasteiger partial charge in [0, 0.05) is 26.2 Å². The molecule has 0 radical (unpaired) electrons. The minimum absolute atomic E-state index is 0.0295. The molecule has 2 heterocycles. The number of aromatic carboxylic acids is 1. The summed E-state index contributed by atoms with van der Waals surface area (Å²) in [6.45, 7) is -0.296. The van der Waals surface area contributed by atoms with Crippen molar-refractivity contribution in [1.82, 2.24) is 4.90 Å². The van der Waals surface area contributed by atoms with Crippen molar-refractivity contribution in [3.8, 4) is 11.5 Å². The molecule has 0 unspecified atom stereocenters. The van der Waals surface area contributed by atoms with Gasteiger partial charge in [0.05, 0.1) is 5.75 Å². The summed E-state index contributed by atoms with van der Waals surface area (Å²) < 4.78 is 11.1. The van der Waals surface area contributed by atoms with Crippen LogP contribution in [-0.4, -0.2) is 65.1 Å². The lowest BCUT2D eigenvalue weighted by molar-refractivity contribution is 0.0210. The molecule has 1 saturated carbocycles. The van der Waals surface area contributed by atoms with Crippen LogP contribution in [0.3, 0.4) is 0 Å². The van der Waals surface area contributed by atoms with Crippen molar-refractivity contribution in [3.05, 3.63) is 23.3 Å². The van der Waals surface area contributed by atoms with Crippen molar-refractivity contribution in [2.24, 2.45) is 5.73 Å². The van der Waals surface area contributed by atoms with Crippen LogP contribution in [-0.2, 0) is 0 Å². The Morgan fingerprint density at radius 3 is 2.83 bits per heavy atom. The van der Waals surface area contributed by atoms with E-state index in [0.29, 0.717) is 31.6 Å². The molecule has 3 aliphatic rings. The second kappa shape index (κ2) is 5.35. The first kappa shape index (κ1) is 15.7. The number of ether oxygens (including phenoxy) is 1. The topological polar surface area (TPSA) is 125 Å². The quantitative estimate of drug-likeness (QED) is 0.535. The van der Waals surface area contributed by atoms with E-state index in [4.69, 9.17) is 15.1 Å². The molecule has 2 atom stereocenters. The zero-order chi connectivity index (χ0) is 17.1. The first-order chi connectivity index (χ1) is 11.4. The summed E-state index contributed by atoms with van der Waals surface area (Å²) in [5.74, 6) is -1.38. The van der Waals surface area contributed by atoms with Gasteiger partial charge in [-0.15, -0.1) is 0 Å². The van der Waals surface area contributed by atoms with Gasteiger partial charge in [0.2, 0.25) is 0 Å². The molecule has 1 aromatic carbocycles.